The fourth-order valence-electron chi connectivity index (χ4n) is 10.3. The molecule has 3 unspecified atom stereocenters. The van der Waals surface area contributed by atoms with Gasteiger partial charge in [-0.25, -0.2) is 0 Å². The van der Waals surface area contributed by atoms with Crippen molar-refractivity contribution < 1.29 is 0 Å². The molecule has 0 bridgehead atoms. The summed E-state index contributed by atoms with van der Waals surface area (Å²) in [5.74, 6) is 9.84. The molecule has 0 heterocycles. The van der Waals surface area contributed by atoms with Crippen molar-refractivity contribution >= 4 is 0 Å². The van der Waals surface area contributed by atoms with E-state index in [0.717, 1.165) is 59.2 Å². The van der Waals surface area contributed by atoms with E-state index in [2.05, 4.69) is 165 Å². The Labute approximate surface area is 465 Å². The second kappa shape index (κ2) is 68.8. The summed E-state index contributed by atoms with van der Waals surface area (Å²) in [6, 6.07) is 0. The monoisotopic (exact) mass is 1020 g/mol. The van der Waals surface area contributed by atoms with Crippen LogP contribution < -0.4 is 0 Å². The zero-order chi connectivity index (χ0) is 56.2. The average Bonchev–Trinajstić information content (AvgIpc) is 3.37. The topological polar surface area (TPSA) is 0 Å². The normalized spacial score (nSPS) is 23.8. The molecule has 0 saturated heterocycles. The van der Waals surface area contributed by atoms with Crippen LogP contribution in [-0.4, -0.2) is 0 Å². The Hall–Kier alpha value is -0.260. The van der Waals surface area contributed by atoms with Crippen LogP contribution in [0.5, 0.6) is 0 Å². The number of unbranched alkanes of at least 4 members (excludes halogenated alkanes) is 25. The second-order valence-electron chi connectivity index (χ2n) is 24.9. The predicted molar refractivity (Wildman–Crippen MR) is 344 cm³/mol. The maximum atomic E-state index is 2.39. The quantitative estimate of drug-likeness (QED) is 0.0598. The fraction of sp³-hybridized carbons (Fsp3) is 0.972. The van der Waals surface area contributed by atoms with E-state index in [1.807, 2.05) is 0 Å². The average molecular weight is 1020 g/mol. The first-order valence-electron chi connectivity index (χ1n) is 34.0. The third-order valence-electron chi connectivity index (χ3n) is 17.0. The van der Waals surface area contributed by atoms with Crippen LogP contribution in [0.3, 0.4) is 0 Å². The Morgan fingerprint density at radius 2 is 0.500 bits per heavy atom. The standard InChI is InChI=1S/C12H26.C10H22.2C9H18.C8H16.C8H18.C6H12.C6H14.C4H10/c1-3-5-7-9-11-12-10-8-6-4-2;1-3-5-7-9-10-8-6-4-2;1-7-4-8(2)6-9(3)5-7;1-7-4-5-8(2)9(3)6-7;1-5-6(2)8(4)7(5)3;1-3-5-7-8-6-4-2;1-4-6(3)5-2;1-3-5-6-4-2;1-3-4-2/h3-12H2,1-2H3;3-10H2,1-2H3;2*7-9H,4-6H2,1-3H3;5-8H,1-4H3;3-8H2,1-2H3;4H,5H2,1-3H3;3-6H2,1-2H3;3-4H2,1-2H3/b;;;;;;6-4-;;. The Morgan fingerprint density at radius 1 is 0.278 bits per heavy atom. The molecule has 0 amide bonds. The van der Waals surface area contributed by atoms with Crippen molar-refractivity contribution in [3.05, 3.63) is 11.6 Å². The molecule has 3 atom stereocenters. The minimum Gasteiger partial charge on any atom is -0.0887 e. The van der Waals surface area contributed by atoms with Crippen molar-refractivity contribution in [2.24, 2.45) is 59.2 Å². The fourth-order valence-corrected chi connectivity index (χ4v) is 10.3. The second-order valence-corrected chi connectivity index (χ2v) is 24.9. The zero-order valence-electron chi connectivity index (χ0n) is 56.0. The highest BCUT2D eigenvalue weighted by atomic mass is 14.4. The van der Waals surface area contributed by atoms with Gasteiger partial charge >= 0.3 is 0 Å². The van der Waals surface area contributed by atoms with Crippen LogP contribution in [0, 0.1) is 59.2 Å². The van der Waals surface area contributed by atoms with Crippen molar-refractivity contribution in [3.8, 4) is 0 Å². The summed E-state index contributed by atoms with van der Waals surface area (Å²) >= 11 is 0. The van der Waals surface area contributed by atoms with Gasteiger partial charge in [-0.05, 0) is 105 Å². The van der Waals surface area contributed by atoms with E-state index >= 15 is 0 Å². The summed E-state index contributed by atoms with van der Waals surface area (Å²) in [6.07, 6.45) is 54.7. The Kier molecular flexibility index (Phi) is 79.3. The highest BCUT2D eigenvalue weighted by Gasteiger charge is 2.38. The van der Waals surface area contributed by atoms with Crippen molar-refractivity contribution in [2.45, 2.75) is 397 Å². The van der Waals surface area contributed by atoms with Crippen molar-refractivity contribution in [1.82, 2.24) is 0 Å². The molecule has 0 spiro atoms. The van der Waals surface area contributed by atoms with Crippen LogP contribution in [-0.2, 0) is 0 Å². The lowest BCUT2D eigenvalue weighted by atomic mass is 9.60. The van der Waals surface area contributed by atoms with Crippen molar-refractivity contribution in [2.75, 3.05) is 0 Å². The molecule has 0 aromatic carbocycles. The molecule has 0 nitrogen and oxygen atoms in total. The SMILES string of the molecule is C/C=C(/C)CC.CC1C(C)C(C)C1C.CC1CC(C)CC(C)C1.CC1CCC(C)C(C)C1.CCCC.CCCCCC.CCCCCCCC.CCCCCCCCCC.CCCCCCCCCCCC. The minimum atomic E-state index is 0.977. The molecule has 0 heteroatoms. The highest BCUT2D eigenvalue weighted by molar-refractivity contribution is 4.93. The van der Waals surface area contributed by atoms with Crippen LogP contribution in [0.4, 0.5) is 0 Å². The first-order valence-corrected chi connectivity index (χ1v) is 34.0. The molecule has 0 aliphatic heterocycles. The molecule has 3 rings (SSSR count). The molecule has 0 aromatic rings. The lowest BCUT2D eigenvalue weighted by Gasteiger charge is -2.45. The third-order valence-corrected chi connectivity index (χ3v) is 17.0. The van der Waals surface area contributed by atoms with Crippen molar-refractivity contribution in [1.29, 1.82) is 0 Å². The number of hydrogen-bond acceptors (Lipinski definition) is 0. The van der Waals surface area contributed by atoms with E-state index in [0.29, 0.717) is 0 Å². The van der Waals surface area contributed by atoms with Crippen LogP contribution in [0.2, 0.25) is 0 Å². The smallest absolute Gasteiger partial charge is 0.0352 e. The molecule has 72 heavy (non-hydrogen) atoms. The van der Waals surface area contributed by atoms with Gasteiger partial charge in [-0.2, -0.15) is 0 Å². The molecule has 3 aliphatic carbocycles. The maximum Gasteiger partial charge on any atom is -0.0352 e. The molecular formula is C72H154. The van der Waals surface area contributed by atoms with Gasteiger partial charge in [0.15, 0.2) is 0 Å². The van der Waals surface area contributed by atoms with E-state index in [9.17, 15) is 0 Å². The molecule has 0 N–H and O–H groups in total. The van der Waals surface area contributed by atoms with Gasteiger partial charge in [0, 0.05) is 0 Å². The summed E-state index contributed by atoms with van der Waals surface area (Å²) in [7, 11) is 0. The Bertz CT molecular complexity index is 841. The molecule has 442 valence electrons. The van der Waals surface area contributed by atoms with Crippen molar-refractivity contribution in [3.63, 3.8) is 0 Å². The van der Waals surface area contributed by atoms with Crippen LogP contribution >= 0.6 is 0 Å². The van der Waals surface area contributed by atoms with E-state index in [1.165, 1.54) is 243 Å². The van der Waals surface area contributed by atoms with Gasteiger partial charge in [-0.1, -0.05) is 363 Å². The van der Waals surface area contributed by atoms with Gasteiger partial charge in [0.25, 0.3) is 0 Å². The summed E-state index contributed by atoms with van der Waals surface area (Å²) in [6.45, 7) is 52.5. The van der Waals surface area contributed by atoms with Gasteiger partial charge in [0.1, 0.15) is 0 Å². The first kappa shape index (κ1) is 83.1. The predicted octanol–water partition coefficient (Wildman–Crippen LogP) is 27.9. The number of allylic oxidation sites excluding steroid dienone is 2. The van der Waals surface area contributed by atoms with Crippen LogP contribution in [0.25, 0.3) is 0 Å². The maximum absolute atomic E-state index is 2.39. The minimum absolute atomic E-state index is 0.977. The molecule has 3 aliphatic rings. The number of rotatable bonds is 26. The molecule has 3 saturated carbocycles. The van der Waals surface area contributed by atoms with Gasteiger partial charge in [-0.15, -0.1) is 0 Å². The molecule has 3 fully saturated rings. The molecule has 0 radical (unpaired) electrons. The van der Waals surface area contributed by atoms with Crippen LogP contribution in [0.15, 0.2) is 11.6 Å². The van der Waals surface area contributed by atoms with Gasteiger partial charge < -0.3 is 0 Å². The van der Waals surface area contributed by atoms with Gasteiger partial charge in [0.2, 0.25) is 0 Å². The van der Waals surface area contributed by atoms with Gasteiger partial charge in [0.05, 0.1) is 0 Å². The highest BCUT2D eigenvalue weighted by Crippen LogP contribution is 2.44. The molecular weight excluding hydrogens is 865 g/mol. The van der Waals surface area contributed by atoms with Crippen LogP contribution in [0.1, 0.15) is 397 Å². The van der Waals surface area contributed by atoms with E-state index in [4.69, 9.17) is 0 Å². The Morgan fingerprint density at radius 3 is 0.653 bits per heavy atom. The summed E-state index contributed by atoms with van der Waals surface area (Å²) in [5, 5.41) is 0. The van der Waals surface area contributed by atoms with E-state index in [-0.39, 0.29) is 0 Å². The Balaban J connectivity index is -0.000000172. The first-order chi connectivity index (χ1) is 34.4. The summed E-state index contributed by atoms with van der Waals surface area (Å²) in [4.78, 5) is 0. The summed E-state index contributed by atoms with van der Waals surface area (Å²) in [5.41, 5.74) is 1.47. The van der Waals surface area contributed by atoms with Gasteiger partial charge in [-0.3, -0.25) is 0 Å². The largest absolute Gasteiger partial charge is 0.0887 e. The van der Waals surface area contributed by atoms with E-state index < -0.39 is 0 Å². The lowest BCUT2D eigenvalue weighted by molar-refractivity contribution is 0.0302. The third kappa shape index (κ3) is 67.8. The summed E-state index contributed by atoms with van der Waals surface area (Å²) < 4.78 is 0. The van der Waals surface area contributed by atoms with E-state index in [1.54, 1.807) is 0 Å². The molecule has 0 aromatic heterocycles. The zero-order valence-corrected chi connectivity index (χ0v) is 56.0. The number of hydrogen-bond donors (Lipinski definition) is 0. The lowest BCUT2D eigenvalue weighted by Crippen LogP contribution is -2.39.